The van der Waals surface area contributed by atoms with E-state index in [2.05, 4.69) is 27.0 Å². The van der Waals surface area contributed by atoms with Crippen molar-refractivity contribution in [2.75, 3.05) is 31.1 Å². The summed E-state index contributed by atoms with van der Waals surface area (Å²) < 4.78 is 5.62. The minimum atomic E-state index is 0.0131. The lowest BCUT2D eigenvalue weighted by Crippen LogP contribution is -2.46. The Hall–Kier alpha value is -2.63. The molecule has 3 heterocycles. The molecule has 142 valence electrons. The van der Waals surface area contributed by atoms with Crippen molar-refractivity contribution in [1.29, 1.82) is 0 Å². The lowest BCUT2D eigenvalue weighted by molar-refractivity contribution is -0.136. The Bertz CT molecular complexity index is 796. The average molecular weight is 366 g/mol. The van der Waals surface area contributed by atoms with E-state index < -0.39 is 0 Å². The van der Waals surface area contributed by atoms with Crippen molar-refractivity contribution in [3.63, 3.8) is 0 Å². The fraction of sp³-hybridized carbons (Fsp3) is 0.476. The van der Waals surface area contributed by atoms with Gasteiger partial charge in [0.25, 0.3) is 0 Å². The number of aromatic nitrogens is 2. The number of hydrogen-bond donors (Lipinski definition) is 0. The highest BCUT2D eigenvalue weighted by molar-refractivity contribution is 5.80. The highest BCUT2D eigenvalue weighted by atomic mass is 16.5. The van der Waals surface area contributed by atoms with Crippen LogP contribution in [0.25, 0.3) is 0 Å². The summed E-state index contributed by atoms with van der Waals surface area (Å²) in [6, 6.07) is 8.07. The van der Waals surface area contributed by atoms with Gasteiger partial charge in [0.05, 0.1) is 12.5 Å². The molecule has 0 aliphatic carbocycles. The summed E-state index contributed by atoms with van der Waals surface area (Å²) in [4.78, 5) is 26.0. The average Bonchev–Trinajstić information content (AvgIpc) is 2.74. The number of rotatable bonds is 4. The molecule has 0 spiro atoms. The molecule has 2 aliphatic heterocycles. The number of nitrogens with zero attached hydrogens (tertiary/aromatic N) is 4. The van der Waals surface area contributed by atoms with Gasteiger partial charge in [-0.3, -0.25) is 4.79 Å². The molecule has 2 aliphatic rings. The molecule has 0 radical (unpaired) electrons. The Balaban J connectivity index is 1.44. The number of carbonyl (C=O) groups excluding carboxylic acids is 1. The predicted molar refractivity (Wildman–Crippen MR) is 104 cm³/mol. The van der Waals surface area contributed by atoms with Gasteiger partial charge < -0.3 is 14.5 Å². The molecule has 4 rings (SSSR count). The van der Waals surface area contributed by atoms with Crippen molar-refractivity contribution in [3.05, 3.63) is 47.8 Å². The zero-order valence-electron chi connectivity index (χ0n) is 15.8. The number of amides is 1. The van der Waals surface area contributed by atoms with Gasteiger partial charge in [-0.25, -0.2) is 9.97 Å². The monoisotopic (exact) mass is 366 g/mol. The number of hydrogen-bond acceptors (Lipinski definition) is 5. The SMILES string of the molecule is CCOc1ccc2c(c1)CN(C(=O)[C@H]1CCCN(c3ncccn3)C1)CC2. The molecular formula is C21H26N4O2. The van der Waals surface area contributed by atoms with Gasteiger partial charge in [0.1, 0.15) is 5.75 Å². The predicted octanol–water partition coefficient (Wildman–Crippen LogP) is 2.68. The normalized spacial score (nSPS) is 19.5. The van der Waals surface area contributed by atoms with E-state index in [0.29, 0.717) is 19.7 Å². The van der Waals surface area contributed by atoms with Crippen LogP contribution in [0.4, 0.5) is 5.95 Å². The van der Waals surface area contributed by atoms with E-state index in [1.807, 2.05) is 24.0 Å². The molecule has 0 saturated carbocycles. The molecule has 27 heavy (non-hydrogen) atoms. The van der Waals surface area contributed by atoms with E-state index in [-0.39, 0.29) is 11.8 Å². The van der Waals surface area contributed by atoms with Crippen LogP contribution in [0.2, 0.25) is 0 Å². The van der Waals surface area contributed by atoms with Crippen LogP contribution in [-0.2, 0) is 17.8 Å². The second-order valence-electron chi connectivity index (χ2n) is 7.21. The summed E-state index contributed by atoms with van der Waals surface area (Å²) in [5.41, 5.74) is 2.53. The quantitative estimate of drug-likeness (QED) is 0.833. The Kier molecular flexibility index (Phi) is 5.23. The molecular weight excluding hydrogens is 340 g/mol. The molecule has 2 aromatic rings. The fourth-order valence-corrected chi connectivity index (χ4v) is 4.05. The van der Waals surface area contributed by atoms with Crippen LogP contribution in [0, 0.1) is 5.92 Å². The maximum atomic E-state index is 13.2. The molecule has 1 aromatic carbocycles. The zero-order valence-corrected chi connectivity index (χ0v) is 15.8. The highest BCUT2D eigenvalue weighted by Crippen LogP contribution is 2.27. The highest BCUT2D eigenvalue weighted by Gasteiger charge is 2.31. The van der Waals surface area contributed by atoms with Crippen LogP contribution in [0.3, 0.4) is 0 Å². The van der Waals surface area contributed by atoms with Gasteiger partial charge in [0, 0.05) is 38.6 Å². The Morgan fingerprint density at radius 1 is 1.22 bits per heavy atom. The minimum absolute atomic E-state index is 0.0131. The van der Waals surface area contributed by atoms with Crippen LogP contribution in [0.15, 0.2) is 36.7 Å². The van der Waals surface area contributed by atoms with Crippen molar-refractivity contribution in [2.24, 2.45) is 5.92 Å². The smallest absolute Gasteiger partial charge is 0.227 e. The third kappa shape index (κ3) is 3.89. The van der Waals surface area contributed by atoms with E-state index in [0.717, 1.165) is 44.0 Å². The topological polar surface area (TPSA) is 58.6 Å². The minimum Gasteiger partial charge on any atom is -0.494 e. The van der Waals surface area contributed by atoms with Gasteiger partial charge in [-0.1, -0.05) is 6.07 Å². The molecule has 1 aromatic heterocycles. The third-order valence-electron chi connectivity index (χ3n) is 5.42. The van der Waals surface area contributed by atoms with Crippen molar-refractivity contribution < 1.29 is 9.53 Å². The summed E-state index contributed by atoms with van der Waals surface area (Å²) in [6.07, 6.45) is 6.35. The summed E-state index contributed by atoms with van der Waals surface area (Å²) in [7, 11) is 0. The van der Waals surface area contributed by atoms with Gasteiger partial charge in [0.2, 0.25) is 11.9 Å². The summed E-state index contributed by atoms with van der Waals surface area (Å²) in [5.74, 6) is 1.87. The van der Waals surface area contributed by atoms with Gasteiger partial charge in [-0.2, -0.15) is 0 Å². The molecule has 1 amide bonds. The van der Waals surface area contributed by atoms with Crippen molar-refractivity contribution in [3.8, 4) is 5.75 Å². The number of ether oxygens (including phenoxy) is 1. The molecule has 1 fully saturated rings. The van der Waals surface area contributed by atoms with Gasteiger partial charge in [-0.15, -0.1) is 0 Å². The number of fused-ring (bicyclic) bond motifs is 1. The number of anilines is 1. The molecule has 6 heteroatoms. The van der Waals surface area contributed by atoms with Gasteiger partial charge in [-0.05, 0) is 55.5 Å². The Morgan fingerprint density at radius 3 is 2.89 bits per heavy atom. The standard InChI is InChI=1S/C21H26N4O2/c1-2-27-19-7-6-16-8-12-24(15-18(16)13-19)20(26)17-5-3-11-25(14-17)21-22-9-4-10-23-21/h4,6-7,9-10,13,17H,2-3,5,8,11-12,14-15H2,1H3/t17-/m0/s1. The molecule has 6 nitrogen and oxygen atoms in total. The molecule has 1 atom stereocenters. The second-order valence-corrected chi connectivity index (χ2v) is 7.21. The summed E-state index contributed by atoms with van der Waals surface area (Å²) >= 11 is 0. The summed E-state index contributed by atoms with van der Waals surface area (Å²) in [6.45, 7) is 5.71. The molecule has 0 unspecified atom stereocenters. The van der Waals surface area contributed by atoms with E-state index in [1.165, 1.54) is 11.1 Å². The van der Waals surface area contributed by atoms with Crippen molar-refractivity contribution in [2.45, 2.75) is 32.7 Å². The lowest BCUT2D eigenvalue weighted by atomic mass is 9.94. The lowest BCUT2D eigenvalue weighted by Gasteiger charge is -2.36. The van der Waals surface area contributed by atoms with Crippen molar-refractivity contribution in [1.82, 2.24) is 14.9 Å². The van der Waals surface area contributed by atoms with Crippen LogP contribution in [-0.4, -0.2) is 47.0 Å². The Morgan fingerprint density at radius 2 is 2.07 bits per heavy atom. The number of benzene rings is 1. The van der Waals surface area contributed by atoms with E-state index in [1.54, 1.807) is 12.4 Å². The molecule has 0 N–H and O–H groups in total. The number of carbonyl (C=O) groups is 1. The molecule has 1 saturated heterocycles. The molecule has 0 bridgehead atoms. The first-order chi connectivity index (χ1) is 13.2. The van der Waals surface area contributed by atoms with Crippen LogP contribution < -0.4 is 9.64 Å². The second kappa shape index (κ2) is 7.94. The maximum Gasteiger partial charge on any atom is 0.227 e. The van der Waals surface area contributed by atoms with E-state index in [9.17, 15) is 4.79 Å². The van der Waals surface area contributed by atoms with Crippen LogP contribution >= 0.6 is 0 Å². The van der Waals surface area contributed by atoms with Crippen molar-refractivity contribution >= 4 is 11.9 Å². The number of piperidine rings is 1. The maximum absolute atomic E-state index is 13.2. The first-order valence-corrected chi connectivity index (χ1v) is 9.80. The van der Waals surface area contributed by atoms with Gasteiger partial charge in [0.15, 0.2) is 0 Å². The Labute approximate surface area is 160 Å². The van der Waals surface area contributed by atoms with Gasteiger partial charge >= 0.3 is 0 Å². The van der Waals surface area contributed by atoms with E-state index in [4.69, 9.17) is 4.74 Å². The first-order valence-electron chi connectivity index (χ1n) is 9.80. The third-order valence-corrected chi connectivity index (χ3v) is 5.42. The zero-order chi connectivity index (χ0) is 18.6. The van der Waals surface area contributed by atoms with Crippen LogP contribution in [0.5, 0.6) is 5.75 Å². The first kappa shape index (κ1) is 17.8. The fourth-order valence-electron chi connectivity index (χ4n) is 4.05. The van der Waals surface area contributed by atoms with E-state index >= 15 is 0 Å². The largest absolute Gasteiger partial charge is 0.494 e. The van der Waals surface area contributed by atoms with Crippen LogP contribution in [0.1, 0.15) is 30.9 Å². The summed E-state index contributed by atoms with van der Waals surface area (Å²) in [5, 5.41) is 0.